The number of H-pyrrole nitrogens is 1. The Balaban J connectivity index is 1.76. The number of aromatic nitrogens is 1. The van der Waals surface area contributed by atoms with Gasteiger partial charge in [-0.2, -0.15) is 0 Å². The molecule has 104 valence electrons. The van der Waals surface area contributed by atoms with E-state index in [0.717, 1.165) is 23.9 Å². The van der Waals surface area contributed by atoms with Crippen molar-refractivity contribution in [1.29, 1.82) is 0 Å². The van der Waals surface area contributed by atoms with Crippen LogP contribution in [-0.2, 0) is 12.8 Å². The zero-order valence-electron chi connectivity index (χ0n) is 11.2. The first-order valence-electron chi connectivity index (χ1n) is 6.91. The van der Waals surface area contributed by atoms with Gasteiger partial charge in [0.15, 0.2) is 0 Å². The van der Waals surface area contributed by atoms with Crippen LogP contribution in [0.3, 0.4) is 0 Å². The van der Waals surface area contributed by atoms with Crippen molar-refractivity contribution in [3.8, 4) is 0 Å². The Hall–Kier alpha value is -2.26. The van der Waals surface area contributed by atoms with Crippen LogP contribution in [0.5, 0.6) is 0 Å². The minimum atomic E-state index is -0.180. The molecule has 0 saturated carbocycles. The van der Waals surface area contributed by atoms with E-state index in [9.17, 15) is 4.79 Å². The van der Waals surface area contributed by atoms with Crippen molar-refractivity contribution in [2.45, 2.75) is 12.8 Å². The summed E-state index contributed by atoms with van der Waals surface area (Å²) in [5.74, 6) is -0.180. The van der Waals surface area contributed by atoms with Crippen molar-refractivity contribution < 1.29 is 4.79 Å². The van der Waals surface area contributed by atoms with Crippen LogP contribution in [0.1, 0.15) is 21.6 Å². The lowest BCUT2D eigenvalue weighted by Gasteiger charge is -2.10. The van der Waals surface area contributed by atoms with Gasteiger partial charge < -0.3 is 10.3 Å². The first kappa shape index (κ1) is 12.5. The number of hydrogen-bond acceptors (Lipinski definition) is 1. The molecule has 4 rings (SSSR count). The van der Waals surface area contributed by atoms with Crippen LogP contribution in [0, 0.1) is 0 Å². The largest absolute Gasteiger partial charge is 0.356 e. The number of nitrogens with one attached hydrogen (secondary N) is 2. The molecular formula is C17H13ClN2O. The maximum Gasteiger partial charge on any atom is 0.272 e. The van der Waals surface area contributed by atoms with Gasteiger partial charge in [-0.3, -0.25) is 4.79 Å². The van der Waals surface area contributed by atoms with Gasteiger partial charge in [0.05, 0.1) is 5.02 Å². The van der Waals surface area contributed by atoms with E-state index in [1.165, 1.54) is 16.5 Å². The summed E-state index contributed by atoms with van der Waals surface area (Å²) in [7, 11) is 0. The average Bonchev–Trinajstić information content (AvgIpc) is 3.10. The Morgan fingerprint density at radius 1 is 1.14 bits per heavy atom. The topological polar surface area (TPSA) is 44.9 Å². The van der Waals surface area contributed by atoms with Gasteiger partial charge in [-0.05, 0) is 41.5 Å². The van der Waals surface area contributed by atoms with Crippen LogP contribution in [0.25, 0.3) is 10.8 Å². The maximum absolute atomic E-state index is 12.3. The average molecular weight is 297 g/mol. The van der Waals surface area contributed by atoms with Crippen LogP contribution in [-0.4, -0.2) is 10.9 Å². The van der Waals surface area contributed by atoms with Crippen molar-refractivity contribution in [1.82, 2.24) is 4.98 Å². The van der Waals surface area contributed by atoms with E-state index in [4.69, 9.17) is 11.6 Å². The second kappa shape index (κ2) is 4.64. The van der Waals surface area contributed by atoms with Crippen molar-refractivity contribution >= 4 is 34.0 Å². The summed E-state index contributed by atoms with van der Waals surface area (Å²) in [6.45, 7) is 0. The number of aryl methyl sites for hydroxylation is 2. The Morgan fingerprint density at radius 3 is 2.71 bits per heavy atom. The number of anilines is 1. The van der Waals surface area contributed by atoms with E-state index < -0.39 is 0 Å². The third-order valence-corrected chi connectivity index (χ3v) is 4.24. The summed E-state index contributed by atoms with van der Waals surface area (Å²) in [5.41, 5.74) is 4.03. The molecule has 1 heterocycles. The molecule has 0 aliphatic heterocycles. The second-order valence-electron chi connectivity index (χ2n) is 5.30. The molecule has 0 bridgehead atoms. The van der Waals surface area contributed by atoms with Crippen molar-refractivity contribution in [2.24, 2.45) is 0 Å². The van der Waals surface area contributed by atoms with Crippen molar-refractivity contribution in [3.63, 3.8) is 0 Å². The monoisotopic (exact) mass is 296 g/mol. The summed E-state index contributed by atoms with van der Waals surface area (Å²) < 4.78 is 0. The molecule has 2 N–H and O–H groups in total. The van der Waals surface area contributed by atoms with E-state index in [2.05, 4.69) is 28.5 Å². The summed E-state index contributed by atoms with van der Waals surface area (Å²) >= 11 is 5.84. The van der Waals surface area contributed by atoms with Crippen LogP contribution >= 0.6 is 11.6 Å². The first-order valence-corrected chi connectivity index (χ1v) is 7.29. The molecule has 0 unspecified atom stereocenters. The second-order valence-corrected chi connectivity index (χ2v) is 5.73. The number of aromatic amines is 1. The summed E-state index contributed by atoms with van der Waals surface area (Å²) in [6.07, 6.45) is 3.76. The third kappa shape index (κ3) is 2.01. The molecule has 3 nitrogen and oxygen atoms in total. The highest BCUT2D eigenvalue weighted by atomic mass is 35.5. The fourth-order valence-corrected chi connectivity index (χ4v) is 3.21. The fraction of sp³-hybridized carbons (Fsp3) is 0.118. The number of benzene rings is 2. The molecule has 21 heavy (non-hydrogen) atoms. The van der Waals surface area contributed by atoms with Crippen LogP contribution < -0.4 is 5.32 Å². The molecule has 0 spiro atoms. The van der Waals surface area contributed by atoms with Gasteiger partial charge in [-0.25, -0.2) is 0 Å². The lowest BCUT2D eigenvalue weighted by molar-refractivity contribution is 0.102. The fourth-order valence-electron chi connectivity index (χ4n) is 3.04. The van der Waals surface area contributed by atoms with E-state index in [-0.39, 0.29) is 5.91 Å². The van der Waals surface area contributed by atoms with Gasteiger partial charge in [-0.15, -0.1) is 0 Å². The Bertz CT molecular complexity index is 856. The molecule has 0 radical (unpaired) electrons. The van der Waals surface area contributed by atoms with Gasteiger partial charge >= 0.3 is 0 Å². The highest BCUT2D eigenvalue weighted by molar-refractivity contribution is 6.31. The zero-order chi connectivity index (χ0) is 14.4. The van der Waals surface area contributed by atoms with Crippen LogP contribution in [0.4, 0.5) is 5.69 Å². The lowest BCUT2D eigenvalue weighted by Crippen LogP contribution is -2.12. The molecule has 2 aromatic carbocycles. The molecule has 1 aliphatic carbocycles. The minimum Gasteiger partial charge on any atom is -0.356 e. The summed E-state index contributed by atoms with van der Waals surface area (Å²) in [4.78, 5) is 15.1. The molecular weight excluding hydrogens is 284 g/mol. The normalized spacial score (nSPS) is 12.8. The molecule has 0 saturated heterocycles. The summed E-state index contributed by atoms with van der Waals surface area (Å²) in [5, 5.41) is 5.89. The van der Waals surface area contributed by atoms with Crippen molar-refractivity contribution in [3.05, 3.63) is 64.4 Å². The van der Waals surface area contributed by atoms with Crippen molar-refractivity contribution in [2.75, 3.05) is 5.32 Å². The molecule has 0 atom stereocenters. The Kier molecular flexibility index (Phi) is 2.76. The highest BCUT2D eigenvalue weighted by Gasteiger charge is 2.17. The molecule has 1 amide bonds. The van der Waals surface area contributed by atoms with E-state index in [0.29, 0.717) is 10.7 Å². The number of rotatable bonds is 2. The first-order chi connectivity index (χ1) is 10.2. The number of halogens is 1. The number of amides is 1. The number of carbonyl (C=O) groups excluding carboxylic acids is 1. The van der Waals surface area contributed by atoms with Gasteiger partial charge in [-0.1, -0.05) is 35.9 Å². The van der Waals surface area contributed by atoms with Gasteiger partial charge in [0.2, 0.25) is 0 Å². The molecule has 0 fully saturated rings. The quantitative estimate of drug-likeness (QED) is 0.732. The predicted molar refractivity (Wildman–Crippen MR) is 85.1 cm³/mol. The minimum absolute atomic E-state index is 0.180. The molecule has 3 aromatic rings. The van der Waals surface area contributed by atoms with Gasteiger partial charge in [0, 0.05) is 17.3 Å². The SMILES string of the molecule is O=C(Nc1ccc2c3c(cccc13)CC2)c1cc(Cl)c[nH]1. The Labute approximate surface area is 126 Å². The molecule has 4 heteroatoms. The van der Waals surface area contributed by atoms with Gasteiger partial charge in [0.1, 0.15) is 5.69 Å². The number of hydrogen-bond donors (Lipinski definition) is 2. The smallest absolute Gasteiger partial charge is 0.272 e. The highest BCUT2D eigenvalue weighted by Crippen LogP contribution is 2.35. The zero-order valence-corrected chi connectivity index (χ0v) is 12.0. The molecule has 1 aromatic heterocycles. The third-order valence-electron chi connectivity index (χ3n) is 4.02. The molecule has 1 aliphatic rings. The Morgan fingerprint density at radius 2 is 1.95 bits per heavy atom. The summed E-state index contributed by atoms with van der Waals surface area (Å²) in [6, 6.07) is 12.0. The van der Waals surface area contributed by atoms with E-state index in [1.54, 1.807) is 12.3 Å². The lowest BCUT2D eigenvalue weighted by atomic mass is 10.0. The number of carbonyl (C=O) groups is 1. The maximum atomic E-state index is 12.3. The van der Waals surface area contributed by atoms with Crippen LogP contribution in [0.15, 0.2) is 42.6 Å². The predicted octanol–water partition coefficient (Wildman–Crippen LogP) is 4.17. The standard InChI is InChI=1S/C17H13ClN2O/c18-12-8-15(19-9-12)17(21)20-14-7-6-11-5-4-10-2-1-3-13(14)16(10)11/h1-3,6-9,19H,4-5H2,(H,20,21). The van der Waals surface area contributed by atoms with Gasteiger partial charge in [0.25, 0.3) is 5.91 Å². The van der Waals surface area contributed by atoms with E-state index >= 15 is 0 Å². The van der Waals surface area contributed by atoms with E-state index in [1.807, 2.05) is 12.1 Å². The van der Waals surface area contributed by atoms with Crippen LogP contribution in [0.2, 0.25) is 5.02 Å².